The van der Waals surface area contributed by atoms with Gasteiger partial charge in [-0.2, -0.15) is 5.48 Å². The van der Waals surface area contributed by atoms with E-state index in [9.17, 15) is 14.4 Å². The zero-order valence-corrected chi connectivity index (χ0v) is 19.0. The molecule has 34 heavy (non-hydrogen) atoms. The fourth-order valence-corrected chi connectivity index (χ4v) is 3.39. The van der Waals surface area contributed by atoms with Crippen molar-refractivity contribution in [3.8, 4) is 0 Å². The summed E-state index contributed by atoms with van der Waals surface area (Å²) in [5.74, 6) is -0.562. The molecule has 1 saturated heterocycles. The predicted octanol–water partition coefficient (Wildman–Crippen LogP) is -0.309. The molecule has 2 heterocycles. The molecule has 0 saturated carbocycles. The number of aliphatic imine (C=N–C) groups is 1. The van der Waals surface area contributed by atoms with Crippen molar-refractivity contribution in [2.24, 2.45) is 10.7 Å². The summed E-state index contributed by atoms with van der Waals surface area (Å²) >= 11 is 0. The first-order valence-corrected chi connectivity index (χ1v) is 11.4. The monoisotopic (exact) mass is 476 g/mol. The van der Waals surface area contributed by atoms with Crippen molar-refractivity contribution < 1.29 is 28.7 Å². The van der Waals surface area contributed by atoms with E-state index in [1.807, 2.05) is 6.07 Å². The van der Waals surface area contributed by atoms with Crippen LogP contribution in [-0.2, 0) is 30.5 Å². The molecule has 12 nitrogen and oxygen atoms in total. The third-order valence-electron chi connectivity index (χ3n) is 5.27. The molecule has 2 aliphatic heterocycles. The number of amides is 1. The lowest BCUT2D eigenvalue weighted by atomic mass is 10.1. The Morgan fingerprint density at radius 1 is 1.26 bits per heavy atom. The van der Waals surface area contributed by atoms with Gasteiger partial charge < -0.3 is 31.2 Å². The highest BCUT2D eigenvalue weighted by Crippen LogP contribution is 2.15. The number of hydroxylamine groups is 1. The minimum absolute atomic E-state index is 0.0339. The first-order valence-electron chi connectivity index (χ1n) is 11.4. The number of guanidine groups is 1. The maximum atomic E-state index is 12.3. The first kappa shape index (κ1) is 25.4. The van der Waals surface area contributed by atoms with Crippen molar-refractivity contribution in [2.75, 3.05) is 26.2 Å². The zero-order valence-electron chi connectivity index (χ0n) is 19.0. The number of nitrogens with zero attached hydrogens (tertiary/aromatic N) is 1. The standard InChI is InChI=1S/C22H32N6O6/c23-17(20(30)33-22(31)32-14-15-6-2-1-3-7-15)13-27-19(29)18-12-16(28-34-18)8-4-9-24-21-25-10-5-11-26-21/h1-3,6-7,16-18,28H,4-5,8-14,23H2,(H,27,29)(H2,24,25,26)/t16-,17-,18+/m0/s1. The van der Waals surface area contributed by atoms with Crippen molar-refractivity contribution in [1.29, 1.82) is 0 Å². The molecule has 0 radical (unpaired) electrons. The lowest BCUT2D eigenvalue weighted by Crippen LogP contribution is -2.46. The number of esters is 1. The second-order valence-corrected chi connectivity index (χ2v) is 8.03. The van der Waals surface area contributed by atoms with Gasteiger partial charge in [-0.3, -0.25) is 14.6 Å². The van der Waals surface area contributed by atoms with Crippen LogP contribution in [0.1, 0.15) is 31.2 Å². The summed E-state index contributed by atoms with van der Waals surface area (Å²) in [5, 5.41) is 9.00. The summed E-state index contributed by atoms with van der Waals surface area (Å²) in [6.07, 6.45) is 1.40. The number of ether oxygens (including phenoxy) is 2. The lowest BCUT2D eigenvalue weighted by molar-refractivity contribution is -0.141. The SMILES string of the molecule is N[C@@H](CNC(=O)[C@H]1C[C@H](CCCNC2=NCCCN2)NO1)C(=O)OC(=O)OCc1ccccc1. The molecule has 1 aromatic carbocycles. The molecule has 2 aliphatic rings. The normalized spacial score (nSPS) is 20.4. The van der Waals surface area contributed by atoms with Crippen molar-refractivity contribution in [2.45, 2.75) is 50.5 Å². The summed E-state index contributed by atoms with van der Waals surface area (Å²) in [6, 6.07) is 7.77. The number of hydrogen-bond donors (Lipinski definition) is 5. The molecule has 0 aromatic heterocycles. The van der Waals surface area contributed by atoms with Gasteiger partial charge in [0.1, 0.15) is 12.6 Å². The van der Waals surface area contributed by atoms with Gasteiger partial charge >= 0.3 is 12.1 Å². The minimum Gasteiger partial charge on any atom is -0.429 e. The average molecular weight is 477 g/mol. The molecule has 1 amide bonds. The van der Waals surface area contributed by atoms with E-state index < -0.39 is 30.2 Å². The smallest absolute Gasteiger partial charge is 0.429 e. The summed E-state index contributed by atoms with van der Waals surface area (Å²) < 4.78 is 9.44. The number of nitrogens with one attached hydrogen (secondary N) is 4. The number of rotatable bonds is 10. The van der Waals surface area contributed by atoms with Crippen LogP contribution in [0.25, 0.3) is 0 Å². The second kappa shape index (κ2) is 13.5. The van der Waals surface area contributed by atoms with E-state index in [2.05, 4.69) is 31.2 Å². The van der Waals surface area contributed by atoms with Crippen LogP contribution < -0.4 is 27.2 Å². The molecule has 0 bridgehead atoms. The molecular formula is C22H32N6O6. The molecule has 0 aliphatic carbocycles. The summed E-state index contributed by atoms with van der Waals surface area (Å²) in [5.41, 5.74) is 9.33. The summed E-state index contributed by atoms with van der Waals surface area (Å²) in [4.78, 5) is 45.6. The van der Waals surface area contributed by atoms with E-state index in [0.29, 0.717) is 6.42 Å². The van der Waals surface area contributed by atoms with Gasteiger partial charge in [0.2, 0.25) is 0 Å². The third kappa shape index (κ3) is 8.61. The van der Waals surface area contributed by atoms with E-state index in [1.165, 1.54) is 0 Å². The second-order valence-electron chi connectivity index (χ2n) is 8.03. The molecular weight excluding hydrogens is 444 g/mol. The highest BCUT2D eigenvalue weighted by molar-refractivity contribution is 5.87. The van der Waals surface area contributed by atoms with Gasteiger partial charge in [0, 0.05) is 38.6 Å². The summed E-state index contributed by atoms with van der Waals surface area (Å²) in [6.45, 7) is 2.30. The van der Waals surface area contributed by atoms with E-state index >= 15 is 0 Å². The van der Waals surface area contributed by atoms with Crippen LogP contribution in [0, 0.1) is 0 Å². The number of carbonyl (C=O) groups is 3. The van der Waals surface area contributed by atoms with E-state index in [1.54, 1.807) is 24.3 Å². The van der Waals surface area contributed by atoms with Gasteiger partial charge in [-0.1, -0.05) is 30.3 Å². The molecule has 3 rings (SSSR count). The molecule has 0 spiro atoms. The van der Waals surface area contributed by atoms with Crippen molar-refractivity contribution in [3.05, 3.63) is 35.9 Å². The van der Waals surface area contributed by atoms with Gasteiger partial charge in [0.25, 0.3) is 5.91 Å². The van der Waals surface area contributed by atoms with Gasteiger partial charge in [0.15, 0.2) is 12.1 Å². The quantitative estimate of drug-likeness (QED) is 0.172. The lowest BCUT2D eigenvalue weighted by Gasteiger charge is -2.16. The minimum atomic E-state index is -1.22. The van der Waals surface area contributed by atoms with E-state index in [-0.39, 0.29) is 19.2 Å². The Hall–Kier alpha value is -3.22. The van der Waals surface area contributed by atoms with Crippen molar-refractivity contribution in [1.82, 2.24) is 21.4 Å². The Balaban J connectivity index is 1.26. The van der Waals surface area contributed by atoms with Gasteiger partial charge in [0.05, 0.1) is 0 Å². The van der Waals surface area contributed by atoms with Crippen LogP contribution >= 0.6 is 0 Å². The van der Waals surface area contributed by atoms with Gasteiger partial charge in [-0.05, 0) is 24.8 Å². The Labute approximate surface area is 197 Å². The number of nitrogens with two attached hydrogens (primary N) is 1. The molecule has 3 atom stereocenters. The largest absolute Gasteiger partial charge is 0.516 e. The van der Waals surface area contributed by atoms with Gasteiger partial charge in [-0.25, -0.2) is 9.59 Å². The maximum absolute atomic E-state index is 12.3. The Bertz CT molecular complexity index is 852. The maximum Gasteiger partial charge on any atom is 0.516 e. The van der Waals surface area contributed by atoms with Crippen LogP contribution in [0.15, 0.2) is 35.3 Å². The average Bonchev–Trinajstić information content (AvgIpc) is 3.34. The highest BCUT2D eigenvalue weighted by atomic mass is 16.7. The Morgan fingerprint density at radius 3 is 2.85 bits per heavy atom. The highest BCUT2D eigenvalue weighted by Gasteiger charge is 2.31. The van der Waals surface area contributed by atoms with Crippen molar-refractivity contribution >= 4 is 24.0 Å². The number of hydrogen-bond acceptors (Lipinski definition) is 11. The molecule has 6 N–H and O–H groups in total. The fourth-order valence-electron chi connectivity index (χ4n) is 3.39. The van der Waals surface area contributed by atoms with Gasteiger partial charge in [-0.15, -0.1) is 0 Å². The van der Waals surface area contributed by atoms with Crippen LogP contribution in [0.2, 0.25) is 0 Å². The van der Waals surface area contributed by atoms with Crippen LogP contribution in [0.3, 0.4) is 0 Å². The Kier molecular flexibility index (Phi) is 10.1. The zero-order chi connectivity index (χ0) is 24.2. The van der Waals surface area contributed by atoms with Crippen LogP contribution in [-0.4, -0.2) is 68.4 Å². The van der Waals surface area contributed by atoms with E-state index in [0.717, 1.165) is 50.4 Å². The van der Waals surface area contributed by atoms with Crippen LogP contribution in [0.4, 0.5) is 4.79 Å². The number of benzene rings is 1. The first-order chi connectivity index (χ1) is 16.5. The third-order valence-corrected chi connectivity index (χ3v) is 5.27. The molecule has 12 heteroatoms. The fraction of sp³-hybridized carbons (Fsp3) is 0.545. The molecule has 1 fully saturated rings. The number of carbonyl (C=O) groups excluding carboxylic acids is 3. The molecule has 186 valence electrons. The molecule has 1 aromatic rings. The van der Waals surface area contributed by atoms with Crippen molar-refractivity contribution in [3.63, 3.8) is 0 Å². The molecule has 0 unspecified atom stereocenters. The topological polar surface area (TPSA) is 165 Å². The predicted molar refractivity (Wildman–Crippen MR) is 122 cm³/mol. The van der Waals surface area contributed by atoms with Crippen LogP contribution in [0.5, 0.6) is 0 Å². The summed E-state index contributed by atoms with van der Waals surface area (Å²) in [7, 11) is 0. The Morgan fingerprint density at radius 2 is 2.09 bits per heavy atom. The van der Waals surface area contributed by atoms with E-state index in [4.69, 9.17) is 15.3 Å².